The van der Waals surface area contributed by atoms with E-state index in [2.05, 4.69) is 0 Å². The lowest BCUT2D eigenvalue weighted by Crippen LogP contribution is -2.40. The number of hydrogen-bond acceptors (Lipinski definition) is 4. The molecule has 0 spiro atoms. The number of ketones is 1. The summed E-state index contributed by atoms with van der Waals surface area (Å²) in [6.07, 6.45) is 6.04. The van der Waals surface area contributed by atoms with Crippen LogP contribution in [0.3, 0.4) is 0 Å². The first kappa shape index (κ1) is 20.6. The Hall–Kier alpha value is -2.11. The van der Waals surface area contributed by atoms with Gasteiger partial charge in [0.2, 0.25) is 5.91 Å². The highest BCUT2D eigenvalue weighted by atomic mass is 16.5. The third kappa shape index (κ3) is 3.87. The van der Waals surface area contributed by atoms with Crippen LogP contribution in [0.1, 0.15) is 84.5 Å². The number of ether oxygens (including phenoxy) is 1. The van der Waals surface area contributed by atoms with Crippen LogP contribution in [0, 0.1) is 19.8 Å². The average Bonchev–Trinajstić information content (AvgIpc) is 3.28. The molecular weight excluding hydrogens is 356 g/mol. The molecular formula is C22H32N2O4. The van der Waals surface area contributed by atoms with Crippen molar-refractivity contribution in [3.63, 3.8) is 0 Å². The summed E-state index contributed by atoms with van der Waals surface area (Å²) in [7, 11) is 0. The predicted molar refractivity (Wildman–Crippen MR) is 107 cm³/mol. The summed E-state index contributed by atoms with van der Waals surface area (Å²) in [5.41, 5.74) is 2.45. The zero-order valence-corrected chi connectivity index (χ0v) is 17.5. The standard InChI is InChI=1S/C22H32N2O4/c1-5-23-15(4)19(14(3)20(23)22(27)28-6-2)18(25)13-24(17-11-12-17)21(26)16-9-7-8-10-16/h16-17H,5-13H2,1-4H3. The van der Waals surface area contributed by atoms with Gasteiger partial charge in [0.25, 0.3) is 0 Å². The van der Waals surface area contributed by atoms with Crippen LogP contribution in [0.5, 0.6) is 0 Å². The monoisotopic (exact) mass is 388 g/mol. The largest absolute Gasteiger partial charge is 0.461 e. The van der Waals surface area contributed by atoms with Crippen molar-refractivity contribution < 1.29 is 19.1 Å². The van der Waals surface area contributed by atoms with Gasteiger partial charge in [-0.15, -0.1) is 0 Å². The zero-order valence-electron chi connectivity index (χ0n) is 17.5. The lowest BCUT2D eigenvalue weighted by molar-refractivity contribution is -0.135. The first-order chi connectivity index (χ1) is 13.4. The summed E-state index contributed by atoms with van der Waals surface area (Å²) in [5.74, 6) is -0.258. The van der Waals surface area contributed by atoms with E-state index in [1.54, 1.807) is 13.8 Å². The van der Waals surface area contributed by atoms with Crippen LogP contribution in [0.4, 0.5) is 0 Å². The quantitative estimate of drug-likeness (QED) is 0.503. The van der Waals surface area contributed by atoms with Crippen LogP contribution in [0.25, 0.3) is 0 Å². The molecule has 2 fully saturated rings. The summed E-state index contributed by atoms with van der Waals surface area (Å²) in [6.45, 7) is 8.38. The van der Waals surface area contributed by atoms with E-state index < -0.39 is 5.97 Å². The van der Waals surface area contributed by atoms with Gasteiger partial charge < -0.3 is 14.2 Å². The SMILES string of the molecule is CCOC(=O)c1c(C)c(C(=O)CN(C(=O)C2CCCC2)C2CC2)c(C)n1CC. The maximum absolute atomic E-state index is 13.3. The van der Waals surface area contributed by atoms with Crippen LogP contribution in [-0.2, 0) is 16.1 Å². The molecule has 28 heavy (non-hydrogen) atoms. The highest BCUT2D eigenvalue weighted by Gasteiger charge is 2.38. The van der Waals surface area contributed by atoms with Crippen molar-refractivity contribution in [2.75, 3.05) is 13.2 Å². The van der Waals surface area contributed by atoms with Crippen LogP contribution in [0.2, 0.25) is 0 Å². The van der Waals surface area contributed by atoms with Gasteiger partial charge in [-0.05, 0) is 58.9 Å². The molecule has 2 aliphatic rings. The van der Waals surface area contributed by atoms with E-state index in [4.69, 9.17) is 4.74 Å². The topological polar surface area (TPSA) is 68.6 Å². The Labute approximate surface area is 167 Å². The summed E-state index contributed by atoms with van der Waals surface area (Å²) >= 11 is 0. The van der Waals surface area contributed by atoms with Crippen LogP contribution in [0.15, 0.2) is 0 Å². The van der Waals surface area contributed by atoms with E-state index in [-0.39, 0.29) is 30.2 Å². The zero-order chi connectivity index (χ0) is 20.4. The van der Waals surface area contributed by atoms with Gasteiger partial charge in [0.15, 0.2) is 5.78 Å². The third-order valence-electron chi connectivity index (χ3n) is 6.12. The van der Waals surface area contributed by atoms with E-state index in [0.717, 1.165) is 44.2 Å². The molecule has 0 aliphatic heterocycles. The van der Waals surface area contributed by atoms with Crippen LogP contribution in [-0.4, -0.2) is 46.3 Å². The Bertz CT molecular complexity index is 770. The van der Waals surface area contributed by atoms with Gasteiger partial charge in [-0.1, -0.05) is 12.8 Å². The molecule has 0 unspecified atom stereocenters. The van der Waals surface area contributed by atoms with Crippen LogP contribution >= 0.6 is 0 Å². The Morgan fingerprint density at radius 3 is 2.25 bits per heavy atom. The van der Waals surface area contributed by atoms with Gasteiger partial charge in [0.05, 0.1) is 13.2 Å². The summed E-state index contributed by atoms with van der Waals surface area (Å²) in [4.78, 5) is 40.5. The van der Waals surface area contributed by atoms with Gasteiger partial charge >= 0.3 is 5.97 Å². The molecule has 6 nitrogen and oxygen atoms in total. The molecule has 3 rings (SSSR count). The Morgan fingerprint density at radius 1 is 1.07 bits per heavy atom. The average molecular weight is 389 g/mol. The lowest BCUT2D eigenvalue weighted by atomic mass is 10.0. The number of Topliss-reactive ketones (excluding diaryl/α,β-unsaturated/α-hetero) is 1. The Balaban J connectivity index is 1.86. The first-order valence-electron chi connectivity index (χ1n) is 10.6. The van der Waals surface area contributed by atoms with Gasteiger partial charge in [-0.3, -0.25) is 9.59 Å². The van der Waals surface area contributed by atoms with Gasteiger partial charge in [0.1, 0.15) is 5.69 Å². The van der Waals surface area contributed by atoms with Crippen LogP contribution < -0.4 is 0 Å². The van der Waals surface area contributed by atoms with Crippen molar-refractivity contribution in [1.82, 2.24) is 9.47 Å². The molecule has 1 amide bonds. The van der Waals surface area contributed by atoms with Gasteiger partial charge in [-0.2, -0.15) is 0 Å². The number of amides is 1. The molecule has 1 aromatic heterocycles. The minimum atomic E-state index is -0.398. The van der Waals surface area contributed by atoms with E-state index in [9.17, 15) is 14.4 Å². The van der Waals surface area contributed by atoms with E-state index in [0.29, 0.717) is 30.0 Å². The van der Waals surface area contributed by atoms with E-state index >= 15 is 0 Å². The number of rotatable bonds is 8. The second-order valence-corrected chi connectivity index (χ2v) is 8.00. The Morgan fingerprint density at radius 2 is 1.71 bits per heavy atom. The highest BCUT2D eigenvalue weighted by Crippen LogP contribution is 2.33. The van der Waals surface area contributed by atoms with Gasteiger partial charge in [-0.25, -0.2) is 4.79 Å². The smallest absolute Gasteiger partial charge is 0.355 e. The van der Waals surface area contributed by atoms with Crippen molar-refractivity contribution in [1.29, 1.82) is 0 Å². The predicted octanol–water partition coefficient (Wildman–Crippen LogP) is 3.67. The first-order valence-corrected chi connectivity index (χ1v) is 10.6. The maximum atomic E-state index is 13.3. The number of carbonyl (C=O) groups is 3. The fraction of sp³-hybridized carbons (Fsp3) is 0.682. The van der Waals surface area contributed by atoms with Gasteiger partial charge in [0, 0.05) is 29.8 Å². The number of hydrogen-bond donors (Lipinski definition) is 0. The van der Waals surface area contributed by atoms with Crippen molar-refractivity contribution in [3.05, 3.63) is 22.5 Å². The fourth-order valence-corrected chi connectivity index (χ4v) is 4.58. The molecule has 0 atom stereocenters. The lowest BCUT2D eigenvalue weighted by Gasteiger charge is -2.25. The van der Waals surface area contributed by atoms with E-state index in [1.807, 2.05) is 23.3 Å². The second kappa shape index (κ2) is 8.50. The molecule has 2 saturated carbocycles. The highest BCUT2D eigenvalue weighted by molar-refractivity contribution is 6.04. The number of esters is 1. The molecule has 0 radical (unpaired) electrons. The molecule has 0 N–H and O–H groups in total. The molecule has 0 aromatic carbocycles. The number of aromatic nitrogens is 1. The minimum absolute atomic E-state index is 0.0749. The molecule has 1 heterocycles. The molecule has 2 aliphatic carbocycles. The minimum Gasteiger partial charge on any atom is -0.461 e. The summed E-state index contributed by atoms with van der Waals surface area (Å²) in [6, 6.07) is 0.204. The molecule has 154 valence electrons. The van der Waals surface area contributed by atoms with Crippen molar-refractivity contribution in [3.8, 4) is 0 Å². The van der Waals surface area contributed by atoms with Crippen molar-refractivity contribution in [2.24, 2.45) is 5.92 Å². The normalized spacial score (nSPS) is 17.0. The maximum Gasteiger partial charge on any atom is 0.355 e. The summed E-state index contributed by atoms with van der Waals surface area (Å²) in [5, 5.41) is 0. The molecule has 6 heteroatoms. The molecule has 0 bridgehead atoms. The molecule has 0 saturated heterocycles. The Kier molecular flexibility index (Phi) is 6.26. The second-order valence-electron chi connectivity index (χ2n) is 8.00. The fourth-order valence-electron chi connectivity index (χ4n) is 4.58. The number of nitrogens with zero attached hydrogens (tertiary/aromatic N) is 2. The molecule has 1 aromatic rings. The van der Waals surface area contributed by atoms with E-state index in [1.165, 1.54) is 0 Å². The van der Waals surface area contributed by atoms with Crippen molar-refractivity contribution in [2.45, 2.75) is 78.8 Å². The third-order valence-corrected chi connectivity index (χ3v) is 6.12. The number of carbonyl (C=O) groups excluding carboxylic acids is 3. The summed E-state index contributed by atoms with van der Waals surface area (Å²) < 4.78 is 7.05. The van der Waals surface area contributed by atoms with Crippen molar-refractivity contribution >= 4 is 17.7 Å².